The average molecular weight is 186 g/mol. The first-order valence-electron chi connectivity index (χ1n) is 5.14. The number of ether oxygens (including phenoxy) is 2. The third kappa shape index (κ3) is 1.87. The zero-order valence-corrected chi connectivity index (χ0v) is 8.16. The van der Waals surface area contributed by atoms with Crippen LogP contribution in [0.2, 0.25) is 0 Å². The smallest absolute Gasteiger partial charge is 0.0814 e. The second-order valence-electron chi connectivity index (χ2n) is 4.28. The van der Waals surface area contributed by atoms with Gasteiger partial charge in [0.25, 0.3) is 0 Å². The van der Waals surface area contributed by atoms with Crippen molar-refractivity contribution in [3.8, 4) is 0 Å². The minimum Gasteiger partial charge on any atom is -0.394 e. The van der Waals surface area contributed by atoms with Crippen LogP contribution in [0.5, 0.6) is 0 Å². The molecule has 2 heterocycles. The normalized spacial score (nSPS) is 45.7. The zero-order valence-electron chi connectivity index (χ0n) is 8.16. The van der Waals surface area contributed by atoms with Gasteiger partial charge in [-0.2, -0.15) is 0 Å². The van der Waals surface area contributed by atoms with E-state index in [4.69, 9.17) is 14.6 Å². The highest BCUT2D eigenvalue weighted by Crippen LogP contribution is 2.39. The lowest BCUT2D eigenvalue weighted by Gasteiger charge is -2.36. The molecule has 0 aliphatic carbocycles. The SMILES string of the molecule is CC1CC2(CCO1)CCC(CO)O2. The van der Waals surface area contributed by atoms with Gasteiger partial charge in [0.15, 0.2) is 0 Å². The van der Waals surface area contributed by atoms with Gasteiger partial charge in [0.05, 0.1) is 24.4 Å². The van der Waals surface area contributed by atoms with Crippen molar-refractivity contribution in [1.82, 2.24) is 0 Å². The Morgan fingerprint density at radius 3 is 2.92 bits per heavy atom. The summed E-state index contributed by atoms with van der Waals surface area (Å²) in [4.78, 5) is 0. The van der Waals surface area contributed by atoms with E-state index in [1.807, 2.05) is 0 Å². The zero-order chi connectivity index (χ0) is 9.31. The molecule has 1 N–H and O–H groups in total. The summed E-state index contributed by atoms with van der Waals surface area (Å²) in [5, 5.41) is 8.99. The van der Waals surface area contributed by atoms with Gasteiger partial charge in [-0.1, -0.05) is 0 Å². The predicted molar refractivity (Wildman–Crippen MR) is 48.6 cm³/mol. The van der Waals surface area contributed by atoms with Gasteiger partial charge in [-0.3, -0.25) is 0 Å². The third-order valence-electron chi connectivity index (χ3n) is 3.16. The number of rotatable bonds is 1. The summed E-state index contributed by atoms with van der Waals surface area (Å²) in [5.41, 5.74) is 0.0328. The monoisotopic (exact) mass is 186 g/mol. The maximum absolute atomic E-state index is 8.99. The standard InChI is InChI=1S/C10H18O3/c1-8-6-10(4-5-12-8)3-2-9(7-11)13-10/h8-9,11H,2-7H2,1H3. The lowest BCUT2D eigenvalue weighted by atomic mass is 9.88. The molecule has 0 saturated carbocycles. The van der Waals surface area contributed by atoms with Gasteiger partial charge in [-0.25, -0.2) is 0 Å². The Kier molecular flexibility index (Phi) is 2.58. The molecule has 0 amide bonds. The molecule has 0 aromatic rings. The maximum atomic E-state index is 8.99. The van der Waals surface area contributed by atoms with Crippen LogP contribution in [0.15, 0.2) is 0 Å². The molecule has 1 spiro atoms. The molecule has 0 aromatic heterocycles. The summed E-state index contributed by atoms with van der Waals surface area (Å²) < 4.78 is 11.4. The Labute approximate surface area is 79.0 Å². The van der Waals surface area contributed by atoms with Crippen LogP contribution in [0.3, 0.4) is 0 Å². The lowest BCUT2D eigenvalue weighted by Crippen LogP contribution is -2.40. The van der Waals surface area contributed by atoms with E-state index in [9.17, 15) is 0 Å². The minimum absolute atomic E-state index is 0.0328. The molecule has 0 bridgehead atoms. The molecule has 3 unspecified atom stereocenters. The van der Waals surface area contributed by atoms with Gasteiger partial charge < -0.3 is 14.6 Å². The van der Waals surface area contributed by atoms with Gasteiger partial charge in [-0.15, -0.1) is 0 Å². The minimum atomic E-state index is 0.0328. The summed E-state index contributed by atoms with van der Waals surface area (Å²) in [6.45, 7) is 3.06. The highest BCUT2D eigenvalue weighted by molar-refractivity contribution is 4.92. The fourth-order valence-electron chi connectivity index (χ4n) is 2.49. The van der Waals surface area contributed by atoms with Crippen LogP contribution in [0.4, 0.5) is 0 Å². The topological polar surface area (TPSA) is 38.7 Å². The van der Waals surface area contributed by atoms with E-state index < -0.39 is 0 Å². The Morgan fingerprint density at radius 1 is 1.46 bits per heavy atom. The van der Waals surface area contributed by atoms with Crippen LogP contribution >= 0.6 is 0 Å². The Balaban J connectivity index is 1.97. The van der Waals surface area contributed by atoms with Crippen LogP contribution in [-0.2, 0) is 9.47 Å². The summed E-state index contributed by atoms with van der Waals surface area (Å²) >= 11 is 0. The van der Waals surface area contributed by atoms with Crippen LogP contribution in [0, 0.1) is 0 Å². The largest absolute Gasteiger partial charge is 0.394 e. The summed E-state index contributed by atoms with van der Waals surface area (Å²) in [6.07, 6.45) is 4.46. The second kappa shape index (κ2) is 3.56. The van der Waals surface area contributed by atoms with Crippen LogP contribution in [0.25, 0.3) is 0 Å². The van der Waals surface area contributed by atoms with Crippen LogP contribution < -0.4 is 0 Å². The van der Waals surface area contributed by atoms with E-state index >= 15 is 0 Å². The van der Waals surface area contributed by atoms with Gasteiger partial charge in [0.1, 0.15) is 0 Å². The van der Waals surface area contributed by atoms with Crippen molar-refractivity contribution in [2.75, 3.05) is 13.2 Å². The van der Waals surface area contributed by atoms with Gasteiger partial charge in [-0.05, 0) is 26.2 Å². The quantitative estimate of drug-likeness (QED) is 0.666. The third-order valence-corrected chi connectivity index (χ3v) is 3.16. The average Bonchev–Trinajstić information content (AvgIpc) is 2.48. The first kappa shape index (κ1) is 9.44. The highest BCUT2D eigenvalue weighted by atomic mass is 16.5. The maximum Gasteiger partial charge on any atom is 0.0814 e. The van der Waals surface area contributed by atoms with E-state index in [1.165, 1.54) is 0 Å². The number of hydrogen-bond donors (Lipinski definition) is 1. The molecule has 3 heteroatoms. The molecular formula is C10H18O3. The molecule has 76 valence electrons. The molecule has 2 fully saturated rings. The molecule has 3 nitrogen and oxygen atoms in total. The molecule has 2 rings (SSSR count). The fourth-order valence-corrected chi connectivity index (χ4v) is 2.49. The Hall–Kier alpha value is -0.120. The first-order valence-corrected chi connectivity index (χ1v) is 5.14. The van der Waals surface area contributed by atoms with Crippen molar-refractivity contribution in [3.05, 3.63) is 0 Å². The van der Waals surface area contributed by atoms with Crippen molar-refractivity contribution < 1.29 is 14.6 Å². The second-order valence-corrected chi connectivity index (χ2v) is 4.28. The molecule has 2 aliphatic rings. The van der Waals surface area contributed by atoms with E-state index in [1.54, 1.807) is 0 Å². The Bertz CT molecular complexity index is 183. The van der Waals surface area contributed by atoms with Gasteiger partial charge in [0.2, 0.25) is 0 Å². The molecule has 0 aromatic carbocycles. The van der Waals surface area contributed by atoms with Crippen LogP contribution in [-0.4, -0.2) is 36.1 Å². The molecular weight excluding hydrogens is 168 g/mol. The predicted octanol–water partition coefficient (Wildman–Crippen LogP) is 1.10. The lowest BCUT2D eigenvalue weighted by molar-refractivity contribution is -0.133. The fraction of sp³-hybridized carbons (Fsp3) is 1.00. The van der Waals surface area contributed by atoms with Crippen molar-refractivity contribution in [2.24, 2.45) is 0 Å². The molecule has 13 heavy (non-hydrogen) atoms. The first-order chi connectivity index (χ1) is 6.24. The van der Waals surface area contributed by atoms with Crippen molar-refractivity contribution in [3.63, 3.8) is 0 Å². The molecule has 0 radical (unpaired) electrons. The molecule has 2 saturated heterocycles. The van der Waals surface area contributed by atoms with Gasteiger partial charge in [0, 0.05) is 13.0 Å². The van der Waals surface area contributed by atoms with Gasteiger partial charge >= 0.3 is 0 Å². The summed E-state index contributed by atoms with van der Waals surface area (Å²) in [7, 11) is 0. The van der Waals surface area contributed by atoms with E-state index in [-0.39, 0.29) is 18.3 Å². The van der Waals surface area contributed by atoms with Crippen LogP contribution in [0.1, 0.15) is 32.6 Å². The van der Waals surface area contributed by atoms with E-state index in [0.717, 1.165) is 32.3 Å². The molecule has 2 aliphatic heterocycles. The number of aliphatic hydroxyl groups excluding tert-OH is 1. The number of hydrogen-bond acceptors (Lipinski definition) is 3. The van der Waals surface area contributed by atoms with E-state index in [2.05, 4.69) is 6.92 Å². The summed E-state index contributed by atoms with van der Waals surface area (Å²) in [5.74, 6) is 0. The number of aliphatic hydroxyl groups is 1. The Morgan fingerprint density at radius 2 is 2.31 bits per heavy atom. The van der Waals surface area contributed by atoms with Crippen molar-refractivity contribution in [1.29, 1.82) is 0 Å². The van der Waals surface area contributed by atoms with E-state index in [0.29, 0.717) is 6.10 Å². The molecule has 3 atom stereocenters. The summed E-state index contributed by atoms with van der Waals surface area (Å²) in [6, 6.07) is 0. The van der Waals surface area contributed by atoms with Crippen molar-refractivity contribution >= 4 is 0 Å². The highest BCUT2D eigenvalue weighted by Gasteiger charge is 2.42. The van der Waals surface area contributed by atoms with Crippen molar-refractivity contribution in [2.45, 2.75) is 50.4 Å².